The molecule has 0 fully saturated rings. The Morgan fingerprint density at radius 3 is 2.62 bits per heavy atom. The Balaban J connectivity index is 1.77. The second-order valence-electron chi connectivity index (χ2n) is 5.40. The van der Waals surface area contributed by atoms with Crippen LogP contribution in [0.3, 0.4) is 0 Å². The van der Waals surface area contributed by atoms with E-state index in [0.29, 0.717) is 21.6 Å². The van der Waals surface area contributed by atoms with E-state index in [1.807, 2.05) is 37.3 Å². The molecule has 0 atom stereocenters. The third-order valence-corrected chi connectivity index (χ3v) is 5.57. The van der Waals surface area contributed by atoms with Crippen molar-refractivity contribution in [3.63, 3.8) is 0 Å². The molecule has 0 aliphatic rings. The van der Waals surface area contributed by atoms with E-state index in [1.54, 1.807) is 18.3 Å². The van der Waals surface area contributed by atoms with E-state index in [-0.39, 0.29) is 5.56 Å². The number of nitrogens with zero attached hydrogens (tertiary/aromatic N) is 1. The highest BCUT2D eigenvalue weighted by atomic mass is 79.9. The molecule has 0 radical (unpaired) electrons. The molecule has 0 aliphatic carbocycles. The van der Waals surface area contributed by atoms with Crippen molar-refractivity contribution in [1.82, 2.24) is 0 Å². The van der Waals surface area contributed by atoms with E-state index in [9.17, 15) is 4.79 Å². The first kappa shape index (κ1) is 18.8. The van der Waals surface area contributed by atoms with Crippen molar-refractivity contribution in [3.05, 3.63) is 74.9 Å². The lowest BCUT2D eigenvalue weighted by molar-refractivity contribution is 0.0697. The fraction of sp³-hybridized carbons (Fsp3) is 0.0526. The Morgan fingerprint density at radius 1 is 1.23 bits per heavy atom. The summed E-state index contributed by atoms with van der Waals surface area (Å²) in [4.78, 5) is 16.4. The molecule has 132 valence electrons. The molecule has 4 nitrogen and oxygen atoms in total. The predicted octanol–water partition coefficient (Wildman–Crippen LogP) is 6.60. The van der Waals surface area contributed by atoms with E-state index in [0.717, 1.165) is 14.9 Å². The molecule has 7 heteroatoms. The summed E-state index contributed by atoms with van der Waals surface area (Å²) in [7, 11) is 0. The molecular weight excluding hydrogens is 438 g/mol. The Bertz CT molecular complexity index is 983. The van der Waals surface area contributed by atoms with Gasteiger partial charge in [-0.2, -0.15) is 0 Å². The summed E-state index contributed by atoms with van der Waals surface area (Å²) in [6.45, 7) is 1.82. The Kier molecular flexibility index (Phi) is 5.86. The SMILES string of the molecule is Cc1cc(C(=O)O)ccc1N=Cc1cc(Br)c(Sc2ccc(Cl)cc2)o1. The van der Waals surface area contributed by atoms with Crippen LogP contribution in [0.4, 0.5) is 5.69 Å². The van der Waals surface area contributed by atoms with Crippen LogP contribution in [-0.2, 0) is 0 Å². The molecule has 0 unspecified atom stereocenters. The minimum atomic E-state index is -0.956. The van der Waals surface area contributed by atoms with Crippen molar-refractivity contribution in [2.24, 2.45) is 4.99 Å². The molecule has 0 amide bonds. The second-order valence-corrected chi connectivity index (χ2v) is 7.74. The maximum absolute atomic E-state index is 11.0. The molecule has 2 aromatic carbocycles. The molecule has 3 aromatic rings. The normalized spacial score (nSPS) is 11.2. The smallest absolute Gasteiger partial charge is 0.335 e. The first-order valence-electron chi connectivity index (χ1n) is 7.53. The van der Waals surface area contributed by atoms with Crippen LogP contribution in [0, 0.1) is 6.92 Å². The van der Waals surface area contributed by atoms with Crippen LogP contribution >= 0.6 is 39.3 Å². The number of aliphatic imine (C=N–C) groups is 1. The average molecular weight is 451 g/mol. The maximum atomic E-state index is 11.0. The summed E-state index contributed by atoms with van der Waals surface area (Å²) >= 11 is 10.9. The van der Waals surface area contributed by atoms with Crippen LogP contribution in [0.2, 0.25) is 5.02 Å². The number of carboxylic acids is 1. The van der Waals surface area contributed by atoms with Crippen LogP contribution in [0.25, 0.3) is 0 Å². The highest BCUT2D eigenvalue weighted by molar-refractivity contribution is 9.10. The van der Waals surface area contributed by atoms with Gasteiger partial charge in [0.05, 0.1) is 21.9 Å². The van der Waals surface area contributed by atoms with Crippen molar-refractivity contribution < 1.29 is 14.3 Å². The molecule has 1 N–H and O–H groups in total. The summed E-state index contributed by atoms with van der Waals surface area (Å²) in [5, 5.41) is 10.4. The second kappa shape index (κ2) is 8.12. The van der Waals surface area contributed by atoms with Gasteiger partial charge in [-0.25, -0.2) is 4.79 Å². The highest BCUT2D eigenvalue weighted by Gasteiger charge is 2.10. The van der Waals surface area contributed by atoms with Gasteiger partial charge in [-0.05, 0) is 70.9 Å². The topological polar surface area (TPSA) is 62.8 Å². The van der Waals surface area contributed by atoms with Crippen LogP contribution in [-0.4, -0.2) is 17.3 Å². The first-order valence-corrected chi connectivity index (χ1v) is 9.52. The number of halogens is 2. The lowest BCUT2D eigenvalue weighted by Gasteiger charge is -2.01. The van der Waals surface area contributed by atoms with Gasteiger partial charge < -0.3 is 9.52 Å². The summed E-state index contributed by atoms with van der Waals surface area (Å²) in [5.41, 5.74) is 1.71. The number of hydrogen-bond donors (Lipinski definition) is 1. The van der Waals surface area contributed by atoms with E-state index >= 15 is 0 Å². The van der Waals surface area contributed by atoms with Gasteiger partial charge in [0, 0.05) is 16.0 Å². The number of aryl methyl sites for hydroxylation is 1. The van der Waals surface area contributed by atoms with Gasteiger partial charge in [-0.15, -0.1) is 0 Å². The summed E-state index contributed by atoms with van der Waals surface area (Å²) in [6, 6.07) is 14.1. The molecule has 0 saturated carbocycles. The third kappa shape index (κ3) is 4.58. The molecule has 1 heterocycles. The number of benzene rings is 2. The van der Waals surface area contributed by atoms with Crippen molar-refractivity contribution >= 4 is 57.2 Å². The molecule has 0 aliphatic heterocycles. The zero-order valence-electron chi connectivity index (χ0n) is 13.6. The van der Waals surface area contributed by atoms with Gasteiger partial charge in [-0.3, -0.25) is 4.99 Å². The Hall–Kier alpha value is -2.02. The van der Waals surface area contributed by atoms with Crippen molar-refractivity contribution in [2.75, 3.05) is 0 Å². The monoisotopic (exact) mass is 449 g/mol. The van der Waals surface area contributed by atoms with Crippen molar-refractivity contribution in [3.8, 4) is 0 Å². The minimum Gasteiger partial charge on any atom is -0.478 e. The Morgan fingerprint density at radius 2 is 1.96 bits per heavy atom. The van der Waals surface area contributed by atoms with Crippen LogP contribution < -0.4 is 0 Å². The largest absolute Gasteiger partial charge is 0.478 e. The molecule has 3 rings (SSSR count). The van der Waals surface area contributed by atoms with E-state index in [2.05, 4.69) is 20.9 Å². The molecular formula is C19H13BrClNO3S. The minimum absolute atomic E-state index is 0.240. The zero-order chi connectivity index (χ0) is 18.7. The Labute approximate surface area is 168 Å². The van der Waals surface area contributed by atoms with Gasteiger partial charge in [0.15, 0.2) is 5.09 Å². The molecule has 0 saturated heterocycles. The van der Waals surface area contributed by atoms with E-state index in [1.165, 1.54) is 17.8 Å². The van der Waals surface area contributed by atoms with Gasteiger partial charge in [-0.1, -0.05) is 23.4 Å². The predicted molar refractivity (Wildman–Crippen MR) is 107 cm³/mol. The van der Waals surface area contributed by atoms with Gasteiger partial charge in [0.2, 0.25) is 0 Å². The molecule has 1 aromatic heterocycles. The van der Waals surface area contributed by atoms with E-state index < -0.39 is 5.97 Å². The van der Waals surface area contributed by atoms with Crippen molar-refractivity contribution in [1.29, 1.82) is 0 Å². The fourth-order valence-corrected chi connectivity index (χ4v) is 3.63. The number of aromatic carboxylic acids is 1. The molecule has 0 bridgehead atoms. The maximum Gasteiger partial charge on any atom is 0.335 e. The standard InChI is InChI=1S/C19H13BrClNO3S/c1-11-8-12(18(23)24)2-7-17(11)22-10-14-9-16(20)19(25-14)26-15-5-3-13(21)4-6-15/h2-10H,1H3,(H,23,24). The molecule has 26 heavy (non-hydrogen) atoms. The number of carbonyl (C=O) groups is 1. The molecule has 0 spiro atoms. The van der Waals surface area contributed by atoms with E-state index in [4.69, 9.17) is 21.1 Å². The number of carboxylic acid groups (broad SMARTS) is 1. The fourth-order valence-electron chi connectivity index (χ4n) is 2.18. The average Bonchev–Trinajstić information content (AvgIpc) is 2.95. The summed E-state index contributed by atoms with van der Waals surface area (Å²) in [5.74, 6) is -0.363. The van der Waals surface area contributed by atoms with Gasteiger partial charge >= 0.3 is 5.97 Å². The number of rotatable bonds is 5. The zero-order valence-corrected chi connectivity index (χ0v) is 16.7. The van der Waals surface area contributed by atoms with Crippen LogP contribution in [0.5, 0.6) is 0 Å². The van der Waals surface area contributed by atoms with Gasteiger partial charge in [0.1, 0.15) is 5.76 Å². The third-order valence-electron chi connectivity index (χ3n) is 3.47. The van der Waals surface area contributed by atoms with Gasteiger partial charge in [0.25, 0.3) is 0 Å². The lowest BCUT2D eigenvalue weighted by atomic mass is 10.1. The van der Waals surface area contributed by atoms with Crippen LogP contribution in [0.15, 0.2) is 72.4 Å². The summed E-state index contributed by atoms with van der Waals surface area (Å²) < 4.78 is 6.64. The van der Waals surface area contributed by atoms with Crippen molar-refractivity contribution in [2.45, 2.75) is 16.9 Å². The first-order chi connectivity index (χ1) is 12.4. The quantitative estimate of drug-likeness (QED) is 0.445. The van der Waals surface area contributed by atoms with Crippen LogP contribution in [0.1, 0.15) is 21.7 Å². The number of furan rings is 1. The summed E-state index contributed by atoms with van der Waals surface area (Å²) in [6.07, 6.45) is 1.61. The lowest BCUT2D eigenvalue weighted by Crippen LogP contribution is -1.95. The number of hydrogen-bond acceptors (Lipinski definition) is 4. The highest BCUT2D eigenvalue weighted by Crippen LogP contribution is 2.36.